The van der Waals surface area contributed by atoms with Crippen LogP contribution in [-0.4, -0.2) is 21.8 Å². The zero-order chi connectivity index (χ0) is 13.8. The van der Waals surface area contributed by atoms with Gasteiger partial charge in [-0.1, -0.05) is 0 Å². The Hall–Kier alpha value is -1.20. The topological polar surface area (TPSA) is 42.7 Å². The molecular formula is C14H19BrN4. The fourth-order valence-corrected chi connectivity index (χ4v) is 2.37. The van der Waals surface area contributed by atoms with Crippen molar-refractivity contribution >= 4 is 15.9 Å². The Kier molecular flexibility index (Phi) is 4.71. The minimum absolute atomic E-state index is 0.223. The van der Waals surface area contributed by atoms with Gasteiger partial charge in [-0.25, -0.2) is 0 Å². The van der Waals surface area contributed by atoms with Gasteiger partial charge in [0, 0.05) is 41.6 Å². The lowest BCUT2D eigenvalue weighted by Crippen LogP contribution is -2.19. The zero-order valence-electron chi connectivity index (χ0n) is 11.5. The number of nitrogens with zero attached hydrogens (tertiary/aromatic N) is 3. The SMILES string of the molecule is CNC(Cc1ccn(C(C)C)n1)c1cncc(Br)c1. The molecule has 0 saturated heterocycles. The van der Waals surface area contributed by atoms with E-state index in [0.29, 0.717) is 6.04 Å². The van der Waals surface area contributed by atoms with Crippen LogP contribution in [0, 0.1) is 0 Å². The number of aromatic nitrogens is 3. The molecule has 0 radical (unpaired) electrons. The van der Waals surface area contributed by atoms with Crippen LogP contribution in [0.5, 0.6) is 0 Å². The first kappa shape index (κ1) is 14.2. The molecule has 2 aromatic heterocycles. The predicted octanol–water partition coefficient (Wildman–Crippen LogP) is 3.12. The lowest BCUT2D eigenvalue weighted by atomic mass is 10.0. The van der Waals surface area contributed by atoms with E-state index in [1.165, 1.54) is 0 Å². The van der Waals surface area contributed by atoms with Crippen LogP contribution >= 0.6 is 15.9 Å². The van der Waals surface area contributed by atoms with Crippen molar-refractivity contribution in [2.75, 3.05) is 7.05 Å². The maximum absolute atomic E-state index is 4.59. The quantitative estimate of drug-likeness (QED) is 0.919. The Morgan fingerprint density at radius 3 is 2.74 bits per heavy atom. The Labute approximate surface area is 122 Å². The van der Waals surface area contributed by atoms with Crippen molar-refractivity contribution in [3.63, 3.8) is 0 Å². The molecular weight excluding hydrogens is 304 g/mol. The van der Waals surface area contributed by atoms with Gasteiger partial charge in [-0.15, -0.1) is 0 Å². The summed E-state index contributed by atoms with van der Waals surface area (Å²) in [5, 5.41) is 7.91. The van der Waals surface area contributed by atoms with Gasteiger partial charge in [-0.2, -0.15) is 5.10 Å². The minimum atomic E-state index is 0.223. The Morgan fingerprint density at radius 1 is 1.37 bits per heavy atom. The van der Waals surface area contributed by atoms with Crippen LogP contribution in [0.25, 0.3) is 0 Å². The highest BCUT2D eigenvalue weighted by Gasteiger charge is 2.13. The van der Waals surface area contributed by atoms with E-state index >= 15 is 0 Å². The molecule has 19 heavy (non-hydrogen) atoms. The van der Waals surface area contributed by atoms with Crippen molar-refractivity contribution < 1.29 is 0 Å². The van der Waals surface area contributed by atoms with Crippen molar-refractivity contribution in [1.29, 1.82) is 0 Å². The third-order valence-electron chi connectivity index (χ3n) is 3.08. The van der Waals surface area contributed by atoms with Crippen molar-refractivity contribution in [3.05, 3.63) is 46.5 Å². The summed E-state index contributed by atoms with van der Waals surface area (Å²) >= 11 is 3.46. The number of hydrogen-bond acceptors (Lipinski definition) is 3. The summed E-state index contributed by atoms with van der Waals surface area (Å²) in [4.78, 5) is 4.22. The summed E-state index contributed by atoms with van der Waals surface area (Å²) in [6.45, 7) is 4.26. The Morgan fingerprint density at radius 2 is 2.16 bits per heavy atom. The van der Waals surface area contributed by atoms with Gasteiger partial charge in [0.25, 0.3) is 0 Å². The summed E-state index contributed by atoms with van der Waals surface area (Å²) in [5.74, 6) is 0. The third-order valence-corrected chi connectivity index (χ3v) is 3.52. The third kappa shape index (κ3) is 3.64. The molecule has 1 atom stereocenters. The molecule has 0 spiro atoms. The number of likely N-dealkylation sites (N-methyl/N-ethyl adjacent to an activating group) is 1. The lowest BCUT2D eigenvalue weighted by molar-refractivity contribution is 0.514. The second-order valence-corrected chi connectivity index (χ2v) is 5.78. The minimum Gasteiger partial charge on any atom is -0.313 e. The molecule has 0 aliphatic carbocycles. The highest BCUT2D eigenvalue weighted by atomic mass is 79.9. The molecule has 0 aliphatic heterocycles. The molecule has 0 aliphatic rings. The smallest absolute Gasteiger partial charge is 0.0643 e. The van der Waals surface area contributed by atoms with Crippen LogP contribution in [0.2, 0.25) is 0 Å². The van der Waals surface area contributed by atoms with Gasteiger partial charge in [-0.05, 0) is 54.5 Å². The van der Waals surface area contributed by atoms with E-state index in [2.05, 4.69) is 57.3 Å². The Bertz CT molecular complexity index is 536. The van der Waals surface area contributed by atoms with Crippen molar-refractivity contribution in [1.82, 2.24) is 20.1 Å². The fraction of sp³-hybridized carbons (Fsp3) is 0.429. The first-order chi connectivity index (χ1) is 9.10. The molecule has 0 fully saturated rings. The molecule has 102 valence electrons. The van der Waals surface area contributed by atoms with Crippen molar-refractivity contribution in [2.24, 2.45) is 0 Å². The molecule has 1 N–H and O–H groups in total. The molecule has 5 heteroatoms. The van der Waals surface area contributed by atoms with E-state index < -0.39 is 0 Å². The van der Waals surface area contributed by atoms with Crippen LogP contribution in [-0.2, 0) is 6.42 Å². The van der Waals surface area contributed by atoms with Crippen molar-refractivity contribution in [2.45, 2.75) is 32.4 Å². The first-order valence-corrected chi connectivity index (χ1v) is 7.21. The highest BCUT2D eigenvalue weighted by molar-refractivity contribution is 9.10. The molecule has 1 unspecified atom stereocenters. The number of halogens is 1. The maximum atomic E-state index is 4.59. The van der Waals surface area contributed by atoms with Gasteiger partial charge >= 0.3 is 0 Å². The Balaban J connectivity index is 2.14. The van der Waals surface area contributed by atoms with Crippen LogP contribution in [0.15, 0.2) is 35.2 Å². The predicted molar refractivity (Wildman–Crippen MR) is 80.1 cm³/mol. The molecule has 0 bridgehead atoms. The average molecular weight is 323 g/mol. The van der Waals surface area contributed by atoms with Crippen LogP contribution in [0.4, 0.5) is 0 Å². The van der Waals surface area contributed by atoms with E-state index in [-0.39, 0.29) is 6.04 Å². The first-order valence-electron chi connectivity index (χ1n) is 6.42. The van der Waals surface area contributed by atoms with E-state index in [1.54, 1.807) is 6.20 Å². The standard InChI is InChI=1S/C14H19BrN4/c1-10(2)19-5-4-13(18-19)7-14(16-3)11-6-12(15)9-17-8-11/h4-6,8-10,14,16H,7H2,1-3H3. The molecule has 2 heterocycles. The van der Waals surface area contributed by atoms with Crippen LogP contribution < -0.4 is 5.32 Å². The summed E-state index contributed by atoms with van der Waals surface area (Å²) in [5.41, 5.74) is 2.25. The summed E-state index contributed by atoms with van der Waals surface area (Å²) in [7, 11) is 1.96. The monoisotopic (exact) mass is 322 g/mol. The highest BCUT2D eigenvalue weighted by Crippen LogP contribution is 2.20. The second kappa shape index (κ2) is 6.30. The fourth-order valence-electron chi connectivity index (χ4n) is 1.99. The zero-order valence-corrected chi connectivity index (χ0v) is 13.1. The normalized spacial score (nSPS) is 12.9. The van der Waals surface area contributed by atoms with E-state index in [4.69, 9.17) is 0 Å². The van der Waals surface area contributed by atoms with E-state index in [0.717, 1.165) is 22.2 Å². The number of pyridine rings is 1. The van der Waals surface area contributed by atoms with Crippen LogP contribution in [0.3, 0.4) is 0 Å². The summed E-state index contributed by atoms with van der Waals surface area (Å²) < 4.78 is 2.99. The van der Waals surface area contributed by atoms with Gasteiger partial charge in [0.1, 0.15) is 0 Å². The lowest BCUT2D eigenvalue weighted by Gasteiger charge is -2.15. The van der Waals surface area contributed by atoms with Crippen LogP contribution in [0.1, 0.15) is 37.2 Å². The molecule has 0 saturated carbocycles. The summed E-state index contributed by atoms with van der Waals surface area (Å²) in [6.07, 6.45) is 6.58. The molecule has 4 nitrogen and oxygen atoms in total. The van der Waals surface area contributed by atoms with Gasteiger partial charge in [0.15, 0.2) is 0 Å². The van der Waals surface area contributed by atoms with Gasteiger partial charge < -0.3 is 5.32 Å². The largest absolute Gasteiger partial charge is 0.313 e. The van der Waals surface area contributed by atoms with Gasteiger partial charge in [0.05, 0.1) is 5.69 Å². The molecule has 2 rings (SSSR count). The van der Waals surface area contributed by atoms with E-state index in [1.807, 2.05) is 24.1 Å². The molecule has 2 aromatic rings. The number of rotatable bonds is 5. The molecule has 0 aromatic carbocycles. The second-order valence-electron chi connectivity index (χ2n) is 4.86. The number of nitrogens with one attached hydrogen (secondary N) is 1. The molecule has 0 amide bonds. The van der Waals surface area contributed by atoms with Crippen molar-refractivity contribution in [3.8, 4) is 0 Å². The summed E-state index contributed by atoms with van der Waals surface area (Å²) in [6, 6.07) is 4.79. The van der Waals surface area contributed by atoms with Gasteiger partial charge in [-0.3, -0.25) is 9.67 Å². The number of hydrogen-bond donors (Lipinski definition) is 1. The van der Waals surface area contributed by atoms with Gasteiger partial charge in [0.2, 0.25) is 0 Å². The maximum Gasteiger partial charge on any atom is 0.0643 e. The van der Waals surface area contributed by atoms with E-state index in [9.17, 15) is 0 Å². The average Bonchev–Trinajstić information content (AvgIpc) is 2.84.